The molecule has 0 spiro atoms. The van der Waals surface area contributed by atoms with Crippen LogP contribution in [0.5, 0.6) is 5.75 Å². The lowest BCUT2D eigenvalue weighted by molar-refractivity contribution is -0.144. The van der Waals surface area contributed by atoms with Gasteiger partial charge in [-0.2, -0.15) is 0 Å². The summed E-state index contributed by atoms with van der Waals surface area (Å²) in [5.41, 5.74) is 1.64. The minimum absolute atomic E-state index is 0.148. The highest BCUT2D eigenvalue weighted by atomic mass is 31.0. The lowest BCUT2D eigenvalue weighted by Crippen LogP contribution is -2.31. The molecule has 0 radical (unpaired) electrons. The van der Waals surface area contributed by atoms with Crippen molar-refractivity contribution in [1.29, 1.82) is 0 Å². The molecule has 25 heavy (non-hydrogen) atoms. The fourth-order valence-electron chi connectivity index (χ4n) is 3.11. The Balaban J connectivity index is 1.63. The van der Waals surface area contributed by atoms with E-state index in [4.69, 9.17) is 9.47 Å². The van der Waals surface area contributed by atoms with Crippen molar-refractivity contribution in [3.8, 4) is 5.75 Å². The van der Waals surface area contributed by atoms with Crippen molar-refractivity contribution < 1.29 is 18.7 Å². The summed E-state index contributed by atoms with van der Waals surface area (Å²) in [7, 11) is 4.05. The molecule has 0 bridgehead atoms. The van der Waals surface area contributed by atoms with Crippen molar-refractivity contribution in [1.82, 2.24) is 4.67 Å². The summed E-state index contributed by atoms with van der Waals surface area (Å²) in [6.45, 7) is 0.190. The van der Waals surface area contributed by atoms with E-state index in [1.165, 1.54) is 13.2 Å². The molecule has 1 aliphatic heterocycles. The third-order valence-corrected chi connectivity index (χ3v) is 5.24. The number of hydrogen-bond acceptors (Lipinski definition) is 4. The van der Waals surface area contributed by atoms with Crippen molar-refractivity contribution in [2.45, 2.75) is 31.5 Å². The van der Waals surface area contributed by atoms with Gasteiger partial charge in [0.1, 0.15) is 24.2 Å². The van der Waals surface area contributed by atoms with Crippen LogP contribution >= 0.6 is 9.39 Å². The maximum Gasteiger partial charge on any atom is 0.323 e. The molecule has 1 aliphatic rings. The van der Waals surface area contributed by atoms with Gasteiger partial charge in [-0.3, -0.25) is 9.46 Å². The Morgan fingerprint density at radius 3 is 2.60 bits per heavy atom. The van der Waals surface area contributed by atoms with E-state index in [0.29, 0.717) is 11.3 Å². The van der Waals surface area contributed by atoms with Crippen LogP contribution in [0.15, 0.2) is 48.5 Å². The highest BCUT2D eigenvalue weighted by molar-refractivity contribution is 7.13. The molecule has 0 amide bonds. The first kappa shape index (κ1) is 17.8. The van der Waals surface area contributed by atoms with Crippen LogP contribution in [-0.2, 0) is 16.1 Å². The highest BCUT2D eigenvalue weighted by Gasteiger charge is 2.36. The van der Waals surface area contributed by atoms with Gasteiger partial charge in [-0.05, 0) is 36.6 Å². The number of benzene rings is 2. The van der Waals surface area contributed by atoms with E-state index in [-0.39, 0.29) is 30.5 Å². The third-order valence-electron chi connectivity index (χ3n) is 4.52. The topological polar surface area (TPSA) is 38.8 Å². The van der Waals surface area contributed by atoms with Crippen LogP contribution in [0.1, 0.15) is 30.0 Å². The van der Waals surface area contributed by atoms with E-state index < -0.39 is 0 Å². The zero-order chi connectivity index (χ0) is 17.8. The predicted octanol–water partition coefficient (Wildman–Crippen LogP) is 3.87. The fourth-order valence-corrected chi connectivity index (χ4v) is 3.70. The van der Waals surface area contributed by atoms with E-state index in [0.717, 1.165) is 18.4 Å². The molecule has 6 heteroatoms. The summed E-state index contributed by atoms with van der Waals surface area (Å²) in [6, 6.07) is 14.2. The Hall–Kier alpha value is -1.97. The van der Waals surface area contributed by atoms with Crippen LogP contribution in [0.4, 0.5) is 4.39 Å². The van der Waals surface area contributed by atoms with Gasteiger partial charge in [0.05, 0.1) is 7.11 Å². The van der Waals surface area contributed by atoms with Crippen LogP contribution in [0.2, 0.25) is 0 Å². The molecule has 0 aromatic heterocycles. The van der Waals surface area contributed by atoms with E-state index in [1.54, 1.807) is 18.2 Å². The monoisotopic (exact) mass is 361 g/mol. The van der Waals surface area contributed by atoms with Crippen molar-refractivity contribution in [2.24, 2.45) is 0 Å². The quantitative estimate of drug-likeness (QED) is 0.599. The number of rotatable bonds is 5. The van der Waals surface area contributed by atoms with E-state index >= 15 is 0 Å². The second-order valence-electron chi connectivity index (χ2n) is 6.03. The number of carbonyl (C=O) groups excluding carboxylic acids is 1. The van der Waals surface area contributed by atoms with Crippen molar-refractivity contribution in [3.63, 3.8) is 0 Å². The first-order valence-corrected chi connectivity index (χ1v) is 8.69. The van der Waals surface area contributed by atoms with Gasteiger partial charge >= 0.3 is 5.97 Å². The van der Waals surface area contributed by atoms with E-state index in [2.05, 4.69) is 9.39 Å². The van der Waals surface area contributed by atoms with Crippen LogP contribution in [0.25, 0.3) is 0 Å². The number of esters is 1. The summed E-state index contributed by atoms with van der Waals surface area (Å²) in [5, 5.41) is 0. The van der Waals surface area contributed by atoms with Gasteiger partial charge in [-0.15, -0.1) is 0 Å². The van der Waals surface area contributed by atoms with E-state index in [1.807, 2.05) is 28.9 Å². The molecule has 1 heterocycles. The summed E-state index contributed by atoms with van der Waals surface area (Å²) in [4.78, 5) is 11.8. The molecule has 3 rings (SSSR count). The smallest absolute Gasteiger partial charge is 0.323 e. The number of carbonyl (C=O) groups is 1. The van der Waals surface area contributed by atoms with Crippen molar-refractivity contribution >= 4 is 15.4 Å². The Morgan fingerprint density at radius 1 is 1.20 bits per heavy atom. The number of ether oxygens (including phenoxy) is 2. The molecule has 132 valence electrons. The average molecular weight is 361 g/mol. The number of hydrogen-bond donors (Lipinski definition) is 0. The average Bonchev–Trinajstić information content (AvgIpc) is 3.02. The van der Waals surface area contributed by atoms with Gasteiger partial charge in [-0.1, -0.05) is 39.7 Å². The minimum atomic E-state index is -0.266. The van der Waals surface area contributed by atoms with E-state index in [9.17, 15) is 9.18 Å². The molecule has 1 fully saturated rings. The second kappa shape index (κ2) is 7.94. The van der Waals surface area contributed by atoms with Gasteiger partial charge in [0.15, 0.2) is 0 Å². The molecule has 2 unspecified atom stereocenters. The first-order chi connectivity index (χ1) is 12.1. The van der Waals surface area contributed by atoms with Crippen LogP contribution in [-0.4, -0.2) is 23.8 Å². The van der Waals surface area contributed by atoms with Crippen LogP contribution in [0.3, 0.4) is 0 Å². The molecule has 0 N–H and O–H groups in total. The zero-order valence-corrected chi connectivity index (χ0v) is 15.2. The number of nitrogens with zero attached hydrogens (tertiary/aromatic N) is 1. The highest BCUT2D eigenvalue weighted by Crippen LogP contribution is 2.39. The Labute approximate surface area is 149 Å². The molecule has 2 aromatic carbocycles. The minimum Gasteiger partial charge on any atom is -0.489 e. The molecule has 0 saturated carbocycles. The first-order valence-electron chi connectivity index (χ1n) is 8.17. The summed E-state index contributed by atoms with van der Waals surface area (Å²) in [5.74, 6) is 0.213. The number of methoxy groups -OCH3 is 1. The Kier molecular flexibility index (Phi) is 5.67. The molecular formula is C19H21FNO3P. The fraction of sp³-hybridized carbons (Fsp3) is 0.316. The Morgan fingerprint density at radius 2 is 1.92 bits per heavy atom. The molecular weight excluding hydrogens is 340 g/mol. The zero-order valence-electron chi connectivity index (χ0n) is 14.0. The van der Waals surface area contributed by atoms with Gasteiger partial charge in [0.25, 0.3) is 0 Å². The lowest BCUT2D eigenvalue weighted by atomic mass is 10.1. The maximum atomic E-state index is 13.6. The van der Waals surface area contributed by atoms with Crippen LogP contribution in [0, 0.1) is 5.82 Å². The van der Waals surface area contributed by atoms with Gasteiger partial charge in [0.2, 0.25) is 0 Å². The summed E-state index contributed by atoms with van der Waals surface area (Å²) in [6.07, 6.45) is 1.66. The normalized spacial score (nSPS) is 20.4. The van der Waals surface area contributed by atoms with Crippen LogP contribution < -0.4 is 4.74 Å². The summed E-state index contributed by atoms with van der Waals surface area (Å²) >= 11 is 0. The van der Waals surface area contributed by atoms with Gasteiger partial charge in [-0.25, -0.2) is 4.39 Å². The van der Waals surface area contributed by atoms with Crippen molar-refractivity contribution in [3.05, 3.63) is 65.5 Å². The number of halogens is 1. The standard InChI is InChI=1S/C19H21FNO3P/c1-23-19(22)18-11-10-17(21(18)25)13-6-8-15(9-7-13)24-12-14-4-2-3-5-16(14)20/h2-9,17-18H,10-12,25H2,1H3/t17?,18-/m0/s1. The molecule has 4 nitrogen and oxygen atoms in total. The molecule has 0 aliphatic carbocycles. The Bertz CT molecular complexity index is 738. The lowest BCUT2D eigenvalue weighted by Gasteiger charge is -2.24. The van der Waals surface area contributed by atoms with Gasteiger partial charge in [0, 0.05) is 11.6 Å². The second-order valence-corrected chi connectivity index (χ2v) is 6.62. The molecule has 3 atom stereocenters. The van der Waals surface area contributed by atoms with Crippen molar-refractivity contribution in [2.75, 3.05) is 7.11 Å². The largest absolute Gasteiger partial charge is 0.489 e. The summed E-state index contributed by atoms with van der Waals surface area (Å²) < 4.78 is 26.1. The molecule has 1 saturated heterocycles. The predicted molar refractivity (Wildman–Crippen MR) is 96.5 cm³/mol. The molecule has 2 aromatic rings. The SMILES string of the molecule is COC(=O)[C@@H]1CCC(c2ccc(OCc3ccccc3F)cc2)N1P. The van der Waals surface area contributed by atoms with Gasteiger partial charge < -0.3 is 9.47 Å². The maximum absolute atomic E-state index is 13.6. The third kappa shape index (κ3) is 4.00.